The van der Waals surface area contributed by atoms with Gasteiger partial charge in [-0.15, -0.1) is 0 Å². The summed E-state index contributed by atoms with van der Waals surface area (Å²) in [5.41, 5.74) is 9.06. The van der Waals surface area contributed by atoms with E-state index in [1.807, 2.05) is 11.9 Å². The first kappa shape index (κ1) is 17.4. The highest BCUT2D eigenvalue weighted by molar-refractivity contribution is 5.78. The number of hydrogen-bond donors (Lipinski definition) is 2. The minimum absolute atomic E-state index is 0.217. The Morgan fingerprint density at radius 1 is 1.21 bits per heavy atom. The molecular formula is C19H30N4O. The normalized spacial score (nSPS) is 22.7. The van der Waals surface area contributed by atoms with Gasteiger partial charge in [0.2, 0.25) is 5.91 Å². The summed E-state index contributed by atoms with van der Waals surface area (Å²) in [5.74, 6) is 0.964. The SMILES string of the molecule is Cc1ccc(CN(C)C(=O)CN2CCC(C3CCNN3)CC2)cc1. The zero-order chi connectivity index (χ0) is 16.9. The van der Waals surface area contributed by atoms with Crippen molar-refractivity contribution in [1.82, 2.24) is 20.7 Å². The summed E-state index contributed by atoms with van der Waals surface area (Å²) in [5, 5.41) is 0. The van der Waals surface area contributed by atoms with Crippen molar-refractivity contribution in [2.45, 2.75) is 38.8 Å². The fourth-order valence-corrected chi connectivity index (χ4v) is 3.74. The Balaban J connectivity index is 1.42. The van der Waals surface area contributed by atoms with Gasteiger partial charge in [0.1, 0.15) is 0 Å². The highest BCUT2D eigenvalue weighted by Crippen LogP contribution is 2.23. The average molecular weight is 330 g/mol. The average Bonchev–Trinajstić information content (AvgIpc) is 3.12. The van der Waals surface area contributed by atoms with E-state index in [9.17, 15) is 4.79 Å². The number of benzene rings is 1. The Bertz CT molecular complexity index is 531. The molecule has 2 heterocycles. The number of aryl methyl sites for hydroxylation is 1. The number of likely N-dealkylation sites (N-methyl/N-ethyl adjacent to an activating group) is 1. The van der Waals surface area contributed by atoms with Crippen LogP contribution in [0.1, 0.15) is 30.4 Å². The molecule has 24 heavy (non-hydrogen) atoms. The van der Waals surface area contributed by atoms with Crippen LogP contribution in [0.3, 0.4) is 0 Å². The quantitative estimate of drug-likeness (QED) is 0.860. The maximum atomic E-state index is 12.5. The Kier molecular flexibility index (Phi) is 5.87. The van der Waals surface area contributed by atoms with Crippen LogP contribution in [0.15, 0.2) is 24.3 Å². The van der Waals surface area contributed by atoms with Crippen LogP contribution in [0, 0.1) is 12.8 Å². The van der Waals surface area contributed by atoms with Gasteiger partial charge in [-0.25, -0.2) is 0 Å². The topological polar surface area (TPSA) is 47.6 Å². The number of likely N-dealkylation sites (tertiary alicyclic amines) is 1. The fraction of sp³-hybridized carbons (Fsp3) is 0.632. The van der Waals surface area contributed by atoms with Gasteiger partial charge in [-0.05, 0) is 50.8 Å². The van der Waals surface area contributed by atoms with Gasteiger partial charge in [-0.1, -0.05) is 29.8 Å². The number of amides is 1. The van der Waals surface area contributed by atoms with Crippen molar-refractivity contribution in [2.75, 3.05) is 33.2 Å². The van der Waals surface area contributed by atoms with E-state index in [1.165, 1.54) is 30.4 Å². The summed E-state index contributed by atoms with van der Waals surface area (Å²) < 4.78 is 0. The van der Waals surface area contributed by atoms with Gasteiger partial charge < -0.3 is 4.90 Å². The number of piperidine rings is 1. The van der Waals surface area contributed by atoms with E-state index in [1.54, 1.807) is 0 Å². The van der Waals surface area contributed by atoms with Crippen molar-refractivity contribution in [3.8, 4) is 0 Å². The Morgan fingerprint density at radius 2 is 1.92 bits per heavy atom. The van der Waals surface area contributed by atoms with E-state index in [-0.39, 0.29) is 5.91 Å². The van der Waals surface area contributed by atoms with Gasteiger partial charge in [0.05, 0.1) is 6.54 Å². The molecule has 1 aromatic rings. The zero-order valence-corrected chi connectivity index (χ0v) is 14.9. The molecular weight excluding hydrogens is 300 g/mol. The molecule has 1 aromatic carbocycles. The predicted octanol–water partition coefficient (Wildman–Crippen LogP) is 1.53. The van der Waals surface area contributed by atoms with Gasteiger partial charge in [0, 0.05) is 26.2 Å². The summed E-state index contributed by atoms with van der Waals surface area (Å²) in [4.78, 5) is 16.6. The summed E-state index contributed by atoms with van der Waals surface area (Å²) in [6, 6.07) is 9.03. The van der Waals surface area contributed by atoms with Gasteiger partial charge >= 0.3 is 0 Å². The number of carbonyl (C=O) groups is 1. The third-order valence-corrected chi connectivity index (χ3v) is 5.39. The molecule has 0 bridgehead atoms. The van der Waals surface area contributed by atoms with Crippen LogP contribution >= 0.6 is 0 Å². The third kappa shape index (κ3) is 4.56. The number of rotatable bonds is 5. The number of carbonyl (C=O) groups excluding carboxylic acids is 1. The van der Waals surface area contributed by atoms with Crippen LogP contribution in [0.2, 0.25) is 0 Å². The van der Waals surface area contributed by atoms with E-state index in [0.717, 1.165) is 25.6 Å². The molecule has 2 aliphatic heterocycles. The second-order valence-corrected chi connectivity index (χ2v) is 7.32. The highest BCUT2D eigenvalue weighted by atomic mass is 16.2. The molecule has 0 saturated carbocycles. The van der Waals surface area contributed by atoms with E-state index in [4.69, 9.17) is 0 Å². The lowest BCUT2D eigenvalue weighted by molar-refractivity contribution is -0.132. The molecule has 0 radical (unpaired) electrons. The first-order valence-electron chi connectivity index (χ1n) is 9.12. The molecule has 1 atom stereocenters. The highest BCUT2D eigenvalue weighted by Gasteiger charge is 2.29. The van der Waals surface area contributed by atoms with E-state index >= 15 is 0 Å². The van der Waals surface area contributed by atoms with Gasteiger partial charge in [0.15, 0.2) is 0 Å². The Labute approximate surface area is 145 Å². The molecule has 1 amide bonds. The van der Waals surface area contributed by atoms with Crippen LogP contribution in [-0.2, 0) is 11.3 Å². The van der Waals surface area contributed by atoms with Crippen molar-refractivity contribution in [3.63, 3.8) is 0 Å². The van der Waals surface area contributed by atoms with Crippen molar-refractivity contribution in [3.05, 3.63) is 35.4 Å². The third-order valence-electron chi connectivity index (χ3n) is 5.39. The number of nitrogens with zero attached hydrogens (tertiary/aromatic N) is 2. The van der Waals surface area contributed by atoms with Crippen LogP contribution in [0.4, 0.5) is 0 Å². The molecule has 1 unspecified atom stereocenters. The number of hydrogen-bond acceptors (Lipinski definition) is 4. The smallest absolute Gasteiger partial charge is 0.236 e. The molecule has 0 aliphatic carbocycles. The molecule has 132 valence electrons. The molecule has 2 N–H and O–H groups in total. The van der Waals surface area contributed by atoms with Crippen molar-refractivity contribution < 1.29 is 4.79 Å². The standard InChI is InChI=1S/C19H30N4O/c1-15-3-5-16(6-4-15)13-22(2)19(24)14-23-11-8-17(9-12-23)18-7-10-20-21-18/h3-6,17-18,20-21H,7-14H2,1-2H3. The van der Waals surface area contributed by atoms with Gasteiger partial charge in [-0.3, -0.25) is 20.5 Å². The number of hydrazine groups is 1. The van der Waals surface area contributed by atoms with E-state index < -0.39 is 0 Å². The summed E-state index contributed by atoms with van der Waals surface area (Å²) in [6.07, 6.45) is 3.60. The molecule has 0 aromatic heterocycles. The van der Waals surface area contributed by atoms with Gasteiger partial charge in [-0.2, -0.15) is 0 Å². The maximum absolute atomic E-state index is 12.5. The molecule has 5 heteroatoms. The maximum Gasteiger partial charge on any atom is 0.236 e. The van der Waals surface area contributed by atoms with Crippen LogP contribution in [-0.4, -0.2) is 55.0 Å². The van der Waals surface area contributed by atoms with Crippen LogP contribution in [0.25, 0.3) is 0 Å². The van der Waals surface area contributed by atoms with Gasteiger partial charge in [0.25, 0.3) is 0 Å². The fourth-order valence-electron chi connectivity index (χ4n) is 3.74. The predicted molar refractivity (Wildman–Crippen MR) is 96.4 cm³/mol. The van der Waals surface area contributed by atoms with Crippen molar-refractivity contribution >= 4 is 5.91 Å². The molecule has 3 rings (SSSR count). The number of nitrogens with one attached hydrogen (secondary N) is 2. The molecule has 2 aliphatic rings. The zero-order valence-electron chi connectivity index (χ0n) is 14.9. The van der Waals surface area contributed by atoms with E-state index in [2.05, 4.69) is 46.9 Å². The second kappa shape index (κ2) is 8.10. The molecule has 2 fully saturated rings. The minimum Gasteiger partial charge on any atom is -0.340 e. The van der Waals surface area contributed by atoms with Crippen molar-refractivity contribution in [2.24, 2.45) is 5.92 Å². The molecule has 0 spiro atoms. The molecule has 5 nitrogen and oxygen atoms in total. The Hall–Kier alpha value is -1.43. The summed E-state index contributed by atoms with van der Waals surface area (Å²) >= 11 is 0. The summed E-state index contributed by atoms with van der Waals surface area (Å²) in [6.45, 7) is 6.46. The second-order valence-electron chi connectivity index (χ2n) is 7.32. The Morgan fingerprint density at radius 3 is 2.54 bits per heavy atom. The molecule has 2 saturated heterocycles. The largest absolute Gasteiger partial charge is 0.340 e. The minimum atomic E-state index is 0.217. The lowest BCUT2D eigenvalue weighted by atomic mass is 9.88. The van der Waals surface area contributed by atoms with Crippen LogP contribution in [0.5, 0.6) is 0 Å². The lowest BCUT2D eigenvalue weighted by Gasteiger charge is -2.34. The first-order valence-corrected chi connectivity index (χ1v) is 9.12. The van der Waals surface area contributed by atoms with Crippen LogP contribution < -0.4 is 10.9 Å². The monoisotopic (exact) mass is 330 g/mol. The lowest BCUT2D eigenvalue weighted by Crippen LogP contribution is -2.45. The van der Waals surface area contributed by atoms with Crippen molar-refractivity contribution in [1.29, 1.82) is 0 Å². The summed E-state index contributed by atoms with van der Waals surface area (Å²) in [7, 11) is 1.91. The van der Waals surface area contributed by atoms with E-state index in [0.29, 0.717) is 19.1 Å². The first-order chi connectivity index (χ1) is 11.6.